The zero-order chi connectivity index (χ0) is 25.4. The van der Waals surface area contributed by atoms with Gasteiger partial charge < -0.3 is 14.5 Å². The van der Waals surface area contributed by atoms with Crippen molar-refractivity contribution in [1.29, 1.82) is 0 Å². The number of rotatable bonds is 5. The van der Waals surface area contributed by atoms with Crippen LogP contribution in [-0.4, -0.2) is 68.9 Å². The van der Waals surface area contributed by atoms with Crippen LogP contribution in [0.15, 0.2) is 52.9 Å². The first-order chi connectivity index (χ1) is 16.5. The summed E-state index contributed by atoms with van der Waals surface area (Å²) >= 11 is 0. The monoisotopic (exact) mass is 501 g/mol. The summed E-state index contributed by atoms with van der Waals surface area (Å²) in [6, 6.07) is 13.1. The van der Waals surface area contributed by atoms with E-state index in [0.717, 1.165) is 13.1 Å². The van der Waals surface area contributed by atoms with E-state index < -0.39 is 20.9 Å². The molecular formula is C26H32FN3O4S. The molecule has 0 N–H and O–H groups in total. The fourth-order valence-corrected chi connectivity index (χ4v) is 6.61. The smallest absolute Gasteiger partial charge is 0.267 e. The van der Waals surface area contributed by atoms with E-state index in [1.54, 1.807) is 61.2 Å². The highest BCUT2D eigenvalue weighted by Gasteiger charge is 2.47. The standard InChI is InChI=1S/C26H32FN3O4S/c1-18(21-10-5-6-11-22(21)27)16-23-28-35(32,33)24(26(2,3)34-23)19-8-7-9-20(17-19)25(31)30-14-12-29(4)13-15-30/h5-11,17-18,24H,12-16H2,1-4H3/t18-,24?/m1/s1. The molecule has 188 valence electrons. The van der Waals surface area contributed by atoms with Gasteiger partial charge in [0.15, 0.2) is 0 Å². The summed E-state index contributed by atoms with van der Waals surface area (Å²) in [5.41, 5.74) is 0.243. The number of sulfonamides is 1. The molecule has 0 aliphatic carbocycles. The average Bonchev–Trinajstić information content (AvgIpc) is 2.78. The van der Waals surface area contributed by atoms with E-state index >= 15 is 0 Å². The molecule has 0 aromatic heterocycles. The summed E-state index contributed by atoms with van der Waals surface area (Å²) in [4.78, 5) is 17.0. The molecule has 2 atom stereocenters. The lowest BCUT2D eigenvalue weighted by molar-refractivity contribution is 0.0661. The van der Waals surface area contributed by atoms with Crippen molar-refractivity contribution >= 4 is 21.8 Å². The fourth-order valence-electron chi connectivity index (χ4n) is 4.85. The Morgan fingerprint density at radius 1 is 1.14 bits per heavy atom. The second kappa shape index (κ2) is 9.70. The minimum absolute atomic E-state index is 0.0617. The number of carbonyl (C=O) groups excluding carboxylic acids is 1. The molecule has 1 fully saturated rings. The lowest BCUT2D eigenvalue weighted by atomic mass is 9.94. The van der Waals surface area contributed by atoms with Crippen LogP contribution in [0, 0.1) is 5.82 Å². The van der Waals surface area contributed by atoms with Crippen molar-refractivity contribution in [2.45, 2.75) is 44.0 Å². The molecule has 7 nitrogen and oxygen atoms in total. The normalized spacial score (nSPS) is 22.7. The summed E-state index contributed by atoms with van der Waals surface area (Å²) < 4.78 is 51.0. The number of hydrogen-bond donors (Lipinski definition) is 0. The number of amides is 1. The molecule has 9 heteroatoms. The molecule has 1 saturated heterocycles. The molecular weight excluding hydrogens is 469 g/mol. The minimum Gasteiger partial charge on any atom is -0.472 e. The van der Waals surface area contributed by atoms with Gasteiger partial charge in [-0.3, -0.25) is 4.79 Å². The molecule has 2 heterocycles. The van der Waals surface area contributed by atoms with E-state index in [-0.39, 0.29) is 30.0 Å². The zero-order valence-electron chi connectivity index (χ0n) is 20.6. The van der Waals surface area contributed by atoms with E-state index in [1.807, 2.05) is 14.0 Å². The Labute approximate surface area is 206 Å². The quantitative estimate of drug-likeness (QED) is 0.619. The van der Waals surface area contributed by atoms with Crippen molar-refractivity contribution in [3.05, 3.63) is 71.0 Å². The molecule has 1 unspecified atom stereocenters. The number of hydrogen-bond acceptors (Lipinski definition) is 5. The van der Waals surface area contributed by atoms with Crippen molar-refractivity contribution in [2.75, 3.05) is 33.2 Å². The number of nitrogens with zero attached hydrogens (tertiary/aromatic N) is 3. The number of ether oxygens (including phenoxy) is 1. The predicted octanol–water partition coefficient (Wildman–Crippen LogP) is 3.99. The van der Waals surface area contributed by atoms with E-state index in [1.165, 1.54) is 6.07 Å². The second-order valence-electron chi connectivity index (χ2n) is 9.93. The topological polar surface area (TPSA) is 79.3 Å². The Balaban J connectivity index is 1.59. The Bertz CT molecular complexity index is 1240. The van der Waals surface area contributed by atoms with Gasteiger partial charge in [-0.15, -0.1) is 4.40 Å². The third kappa shape index (κ3) is 5.41. The summed E-state index contributed by atoms with van der Waals surface area (Å²) in [5, 5.41) is -1.08. The van der Waals surface area contributed by atoms with Crippen LogP contribution in [0.2, 0.25) is 0 Å². The molecule has 0 bridgehead atoms. The van der Waals surface area contributed by atoms with Crippen molar-refractivity contribution < 1.29 is 22.3 Å². The van der Waals surface area contributed by atoms with Crippen LogP contribution in [0.25, 0.3) is 0 Å². The molecule has 1 amide bonds. The zero-order valence-corrected chi connectivity index (χ0v) is 21.4. The van der Waals surface area contributed by atoms with Crippen LogP contribution >= 0.6 is 0 Å². The highest BCUT2D eigenvalue weighted by molar-refractivity contribution is 7.90. The van der Waals surface area contributed by atoms with Gasteiger partial charge in [0, 0.05) is 38.2 Å². The SMILES string of the molecule is C[C@H](CC1=NS(=O)(=O)C(c2cccc(C(=O)N3CCN(C)CC3)c2)C(C)(C)O1)c1ccccc1F. The number of halogens is 1. The molecule has 2 aromatic carbocycles. The van der Waals surface area contributed by atoms with Gasteiger partial charge in [0.2, 0.25) is 5.90 Å². The van der Waals surface area contributed by atoms with Gasteiger partial charge in [0.1, 0.15) is 16.7 Å². The van der Waals surface area contributed by atoms with Gasteiger partial charge in [-0.2, -0.15) is 0 Å². The Kier molecular flexibility index (Phi) is 7.02. The van der Waals surface area contributed by atoms with Crippen molar-refractivity contribution in [2.24, 2.45) is 4.40 Å². The lowest BCUT2D eigenvalue weighted by Gasteiger charge is -2.38. The predicted molar refractivity (Wildman–Crippen MR) is 134 cm³/mol. The first kappa shape index (κ1) is 25.3. The minimum atomic E-state index is -4.01. The van der Waals surface area contributed by atoms with Gasteiger partial charge in [0.25, 0.3) is 15.9 Å². The van der Waals surface area contributed by atoms with Gasteiger partial charge in [-0.1, -0.05) is 37.3 Å². The maximum atomic E-state index is 14.2. The third-order valence-corrected chi connectivity index (χ3v) is 8.58. The van der Waals surface area contributed by atoms with Crippen molar-refractivity contribution in [3.63, 3.8) is 0 Å². The summed E-state index contributed by atoms with van der Waals surface area (Å²) in [7, 11) is -1.99. The molecule has 0 saturated carbocycles. The van der Waals surface area contributed by atoms with Crippen LogP contribution < -0.4 is 0 Å². The molecule has 2 aliphatic rings. The van der Waals surface area contributed by atoms with E-state index in [4.69, 9.17) is 4.74 Å². The lowest BCUT2D eigenvalue weighted by Crippen LogP contribution is -2.47. The van der Waals surface area contributed by atoms with Gasteiger partial charge in [-0.25, -0.2) is 12.8 Å². The second-order valence-corrected chi connectivity index (χ2v) is 11.6. The Hall–Kier alpha value is -2.78. The fraction of sp³-hybridized carbons (Fsp3) is 0.462. The van der Waals surface area contributed by atoms with Crippen molar-refractivity contribution in [1.82, 2.24) is 9.80 Å². The molecule has 0 radical (unpaired) electrons. The summed E-state index contributed by atoms with van der Waals surface area (Å²) in [6.45, 7) is 8.06. The van der Waals surface area contributed by atoms with E-state index in [0.29, 0.717) is 29.8 Å². The van der Waals surface area contributed by atoms with Crippen LogP contribution in [0.1, 0.15) is 59.8 Å². The van der Waals surface area contributed by atoms with E-state index in [9.17, 15) is 17.6 Å². The average molecular weight is 502 g/mol. The van der Waals surface area contributed by atoms with E-state index in [2.05, 4.69) is 9.30 Å². The maximum absolute atomic E-state index is 14.2. The highest BCUT2D eigenvalue weighted by Crippen LogP contribution is 2.42. The van der Waals surface area contributed by atoms with Crippen LogP contribution in [0.5, 0.6) is 0 Å². The molecule has 4 rings (SSSR count). The first-order valence-corrected chi connectivity index (χ1v) is 13.3. The largest absolute Gasteiger partial charge is 0.472 e. The third-order valence-electron chi connectivity index (χ3n) is 6.68. The molecule has 0 spiro atoms. The highest BCUT2D eigenvalue weighted by atomic mass is 32.2. The number of likely N-dealkylation sites (N-methyl/N-ethyl adjacent to an activating group) is 1. The van der Waals surface area contributed by atoms with Crippen LogP contribution in [0.4, 0.5) is 4.39 Å². The van der Waals surface area contributed by atoms with Crippen molar-refractivity contribution in [3.8, 4) is 0 Å². The van der Waals surface area contributed by atoms with Gasteiger partial charge >= 0.3 is 0 Å². The Morgan fingerprint density at radius 3 is 2.49 bits per heavy atom. The van der Waals surface area contributed by atoms with Gasteiger partial charge in [-0.05, 0) is 56.1 Å². The number of piperazine rings is 1. The maximum Gasteiger partial charge on any atom is 0.267 e. The first-order valence-electron chi connectivity index (χ1n) is 11.8. The summed E-state index contributed by atoms with van der Waals surface area (Å²) in [6.07, 6.45) is 0.151. The number of carbonyl (C=O) groups is 1. The van der Waals surface area contributed by atoms with Crippen LogP contribution in [0.3, 0.4) is 0 Å². The molecule has 2 aliphatic heterocycles. The van der Waals surface area contributed by atoms with Gasteiger partial charge in [0.05, 0.1) is 0 Å². The molecule has 35 heavy (non-hydrogen) atoms. The van der Waals surface area contributed by atoms with Crippen LogP contribution in [-0.2, 0) is 14.8 Å². The summed E-state index contributed by atoms with van der Waals surface area (Å²) in [5.74, 6) is -0.721. The molecule has 2 aromatic rings. The number of benzene rings is 2. The Morgan fingerprint density at radius 2 is 1.83 bits per heavy atom.